The molecule has 1 saturated heterocycles. The van der Waals surface area contributed by atoms with Gasteiger partial charge in [0.1, 0.15) is 0 Å². The second-order valence-corrected chi connectivity index (χ2v) is 6.13. The summed E-state index contributed by atoms with van der Waals surface area (Å²) < 4.78 is 0. The summed E-state index contributed by atoms with van der Waals surface area (Å²) in [5, 5.41) is 0. The van der Waals surface area contributed by atoms with Gasteiger partial charge in [0.05, 0.1) is 0 Å². The van der Waals surface area contributed by atoms with Crippen molar-refractivity contribution in [2.24, 2.45) is 0 Å². The Morgan fingerprint density at radius 3 is 2.29 bits per heavy atom. The molecule has 1 heterocycles. The lowest BCUT2D eigenvalue weighted by atomic mass is 10.1. The van der Waals surface area contributed by atoms with Gasteiger partial charge in [0.15, 0.2) is 0 Å². The van der Waals surface area contributed by atoms with Gasteiger partial charge in [0.25, 0.3) is 0 Å². The molecular weight excluding hydrogens is 258 g/mol. The third kappa shape index (κ3) is 8.86. The maximum absolute atomic E-state index is 2.59. The first kappa shape index (κ1) is 18.1. The van der Waals surface area contributed by atoms with E-state index < -0.39 is 0 Å². The zero-order valence-electron chi connectivity index (χ0n) is 14.4. The van der Waals surface area contributed by atoms with Crippen molar-refractivity contribution in [3.05, 3.63) is 35.9 Å². The minimum Gasteiger partial charge on any atom is -0.310 e. The summed E-state index contributed by atoms with van der Waals surface area (Å²) >= 11 is 0. The van der Waals surface area contributed by atoms with Crippen molar-refractivity contribution >= 4 is 0 Å². The monoisotopic (exact) mass is 291 g/mol. The minimum absolute atomic E-state index is 1.14. The summed E-state index contributed by atoms with van der Waals surface area (Å²) in [5.74, 6) is 0. The molecule has 0 radical (unpaired) electrons. The molecule has 3 heteroatoms. The van der Waals surface area contributed by atoms with Crippen LogP contribution in [0.4, 0.5) is 0 Å². The molecule has 0 N–H and O–H groups in total. The third-order valence-electron chi connectivity index (χ3n) is 4.00. The van der Waals surface area contributed by atoms with Gasteiger partial charge in [-0.3, -0.25) is 0 Å². The lowest BCUT2D eigenvalue weighted by Gasteiger charge is -2.19. The number of hydrogen-bond donors (Lipinski definition) is 0. The Bertz CT molecular complexity index is 351. The zero-order chi connectivity index (χ0) is 15.5. The lowest BCUT2D eigenvalue weighted by Crippen LogP contribution is -2.30. The molecule has 0 aromatic heterocycles. The van der Waals surface area contributed by atoms with E-state index in [9.17, 15) is 0 Å². The highest BCUT2D eigenvalue weighted by atomic mass is 15.2. The largest absolute Gasteiger partial charge is 0.310 e. The standard InChI is InChI=1S/C14H22N2.C4H11N/c1-15-9-5-10-16(13-12-15)11-8-14-6-3-2-4-7-14;1-4-5(2)3/h2-4,6-7H,5,8-13H2,1H3;4H2,1-3H3. The van der Waals surface area contributed by atoms with Crippen molar-refractivity contribution < 1.29 is 0 Å². The van der Waals surface area contributed by atoms with Gasteiger partial charge < -0.3 is 14.7 Å². The normalized spacial score (nSPS) is 17.2. The van der Waals surface area contributed by atoms with Crippen LogP contribution in [0.1, 0.15) is 18.9 Å². The third-order valence-corrected chi connectivity index (χ3v) is 4.00. The first-order valence-corrected chi connectivity index (χ1v) is 8.21. The molecule has 1 aromatic carbocycles. The highest BCUT2D eigenvalue weighted by molar-refractivity contribution is 5.14. The van der Waals surface area contributed by atoms with Crippen LogP contribution in [-0.2, 0) is 6.42 Å². The van der Waals surface area contributed by atoms with E-state index in [1.165, 1.54) is 51.1 Å². The molecule has 0 amide bonds. The topological polar surface area (TPSA) is 9.72 Å². The summed E-state index contributed by atoms with van der Waals surface area (Å²) in [6.07, 6.45) is 2.50. The number of likely N-dealkylation sites (N-methyl/N-ethyl adjacent to an activating group) is 1. The quantitative estimate of drug-likeness (QED) is 0.843. The molecule has 0 saturated carbocycles. The Balaban J connectivity index is 0.000000383. The van der Waals surface area contributed by atoms with Crippen molar-refractivity contribution in [3.8, 4) is 0 Å². The predicted molar refractivity (Wildman–Crippen MR) is 92.9 cm³/mol. The number of rotatable bonds is 4. The molecule has 2 rings (SSSR count). The highest BCUT2D eigenvalue weighted by Gasteiger charge is 2.11. The van der Waals surface area contributed by atoms with Gasteiger partial charge in [-0.25, -0.2) is 0 Å². The molecule has 1 aliphatic heterocycles. The molecule has 120 valence electrons. The van der Waals surface area contributed by atoms with Crippen LogP contribution in [0.3, 0.4) is 0 Å². The van der Waals surface area contributed by atoms with Crippen LogP contribution in [0.25, 0.3) is 0 Å². The van der Waals surface area contributed by atoms with E-state index in [0.29, 0.717) is 0 Å². The molecular formula is C18H33N3. The van der Waals surface area contributed by atoms with Crippen LogP contribution in [-0.4, -0.2) is 75.1 Å². The Morgan fingerprint density at radius 2 is 1.67 bits per heavy atom. The average molecular weight is 291 g/mol. The van der Waals surface area contributed by atoms with Crippen molar-refractivity contribution in [2.75, 3.05) is 60.4 Å². The van der Waals surface area contributed by atoms with E-state index in [2.05, 4.69) is 73.1 Å². The summed E-state index contributed by atoms with van der Waals surface area (Å²) in [5.41, 5.74) is 1.46. The maximum Gasteiger partial charge on any atom is 0.0109 e. The highest BCUT2D eigenvalue weighted by Crippen LogP contribution is 2.04. The fraction of sp³-hybridized carbons (Fsp3) is 0.667. The average Bonchev–Trinajstić information content (AvgIpc) is 2.71. The van der Waals surface area contributed by atoms with Gasteiger partial charge in [-0.1, -0.05) is 37.3 Å². The van der Waals surface area contributed by atoms with E-state index in [1.54, 1.807) is 0 Å². The van der Waals surface area contributed by atoms with Gasteiger partial charge in [-0.05, 0) is 59.2 Å². The van der Waals surface area contributed by atoms with Gasteiger partial charge in [-0.15, -0.1) is 0 Å². The Kier molecular flexibility index (Phi) is 9.31. The summed E-state index contributed by atoms with van der Waals surface area (Å²) in [6, 6.07) is 10.8. The Labute approximate surface area is 131 Å². The molecule has 0 bridgehead atoms. The second kappa shape index (κ2) is 10.8. The minimum atomic E-state index is 1.14. The fourth-order valence-corrected chi connectivity index (χ4v) is 2.26. The van der Waals surface area contributed by atoms with E-state index in [1.807, 2.05) is 0 Å². The molecule has 1 aliphatic rings. The van der Waals surface area contributed by atoms with Crippen molar-refractivity contribution in [2.45, 2.75) is 19.8 Å². The van der Waals surface area contributed by atoms with Crippen LogP contribution in [0, 0.1) is 0 Å². The molecule has 0 atom stereocenters. The summed E-state index contributed by atoms with van der Waals surface area (Å²) in [4.78, 5) is 7.15. The summed E-state index contributed by atoms with van der Waals surface area (Å²) in [7, 11) is 6.33. The van der Waals surface area contributed by atoms with Crippen molar-refractivity contribution in [3.63, 3.8) is 0 Å². The van der Waals surface area contributed by atoms with Gasteiger partial charge in [0.2, 0.25) is 0 Å². The van der Waals surface area contributed by atoms with E-state index in [0.717, 1.165) is 6.54 Å². The van der Waals surface area contributed by atoms with Crippen LogP contribution in [0.2, 0.25) is 0 Å². The van der Waals surface area contributed by atoms with Crippen LogP contribution in [0.5, 0.6) is 0 Å². The van der Waals surface area contributed by atoms with Crippen molar-refractivity contribution in [1.82, 2.24) is 14.7 Å². The first-order valence-electron chi connectivity index (χ1n) is 8.21. The van der Waals surface area contributed by atoms with E-state index >= 15 is 0 Å². The van der Waals surface area contributed by atoms with Crippen LogP contribution >= 0.6 is 0 Å². The molecule has 3 nitrogen and oxygen atoms in total. The second-order valence-electron chi connectivity index (χ2n) is 6.13. The van der Waals surface area contributed by atoms with Crippen LogP contribution in [0.15, 0.2) is 30.3 Å². The SMILES string of the molecule is CCN(C)C.CN1CCCN(CCc2ccccc2)CC1. The molecule has 1 fully saturated rings. The number of hydrogen-bond acceptors (Lipinski definition) is 3. The Hall–Kier alpha value is -0.900. The Morgan fingerprint density at radius 1 is 1.00 bits per heavy atom. The molecule has 0 spiro atoms. The van der Waals surface area contributed by atoms with Gasteiger partial charge in [-0.2, -0.15) is 0 Å². The fourth-order valence-electron chi connectivity index (χ4n) is 2.26. The lowest BCUT2D eigenvalue weighted by molar-refractivity contribution is 0.279. The van der Waals surface area contributed by atoms with Crippen LogP contribution < -0.4 is 0 Å². The van der Waals surface area contributed by atoms with E-state index in [-0.39, 0.29) is 0 Å². The smallest absolute Gasteiger partial charge is 0.0109 e. The molecule has 0 unspecified atom stereocenters. The van der Waals surface area contributed by atoms with Gasteiger partial charge in [0, 0.05) is 19.6 Å². The number of nitrogens with zero attached hydrogens (tertiary/aromatic N) is 3. The van der Waals surface area contributed by atoms with E-state index in [4.69, 9.17) is 0 Å². The van der Waals surface area contributed by atoms with Gasteiger partial charge >= 0.3 is 0 Å². The zero-order valence-corrected chi connectivity index (χ0v) is 14.4. The summed E-state index contributed by atoms with van der Waals surface area (Å²) in [6.45, 7) is 9.43. The predicted octanol–water partition coefficient (Wildman–Crippen LogP) is 2.43. The molecule has 0 aliphatic carbocycles. The molecule has 21 heavy (non-hydrogen) atoms. The molecule has 1 aromatic rings. The first-order chi connectivity index (χ1) is 10.1. The number of benzene rings is 1. The van der Waals surface area contributed by atoms with Crippen molar-refractivity contribution in [1.29, 1.82) is 0 Å². The maximum atomic E-state index is 2.59.